The number of nitrogen functional groups attached to an aromatic ring is 1. The lowest BCUT2D eigenvalue weighted by molar-refractivity contribution is 0.0939. The molecule has 5 heteroatoms. The molecule has 1 fully saturated rings. The number of nitrogens with zero attached hydrogens (tertiary/aromatic N) is 1. The van der Waals surface area contributed by atoms with Crippen LogP contribution in [0.3, 0.4) is 0 Å². The molecular weight excluding hydrogens is 228 g/mol. The van der Waals surface area contributed by atoms with Crippen LogP contribution in [0.25, 0.3) is 0 Å². The highest BCUT2D eigenvalue weighted by atomic mass is 16.1. The summed E-state index contributed by atoms with van der Waals surface area (Å²) < 4.78 is 0. The van der Waals surface area contributed by atoms with Crippen molar-refractivity contribution in [2.75, 3.05) is 12.0 Å². The minimum Gasteiger partial charge on any atom is -0.350 e. The molecule has 18 heavy (non-hydrogen) atoms. The summed E-state index contributed by atoms with van der Waals surface area (Å²) in [5.74, 6) is 5.63. The number of carbonyl (C=O) groups excluding carboxylic acids is 1. The fraction of sp³-hybridized carbons (Fsp3) is 0.538. The van der Waals surface area contributed by atoms with Gasteiger partial charge in [0.15, 0.2) is 0 Å². The summed E-state index contributed by atoms with van der Waals surface area (Å²) in [7, 11) is 0. The molecule has 2 rings (SSSR count). The van der Waals surface area contributed by atoms with Gasteiger partial charge in [0.25, 0.3) is 5.91 Å². The number of amides is 1. The van der Waals surface area contributed by atoms with Gasteiger partial charge in [-0.1, -0.05) is 19.4 Å². The van der Waals surface area contributed by atoms with Gasteiger partial charge in [-0.05, 0) is 36.8 Å². The van der Waals surface area contributed by atoms with E-state index in [4.69, 9.17) is 5.84 Å². The Labute approximate surface area is 107 Å². The molecule has 0 saturated heterocycles. The number of rotatable bonds is 6. The Hall–Kier alpha value is -1.62. The van der Waals surface area contributed by atoms with E-state index < -0.39 is 0 Å². The maximum Gasteiger partial charge on any atom is 0.269 e. The van der Waals surface area contributed by atoms with Crippen LogP contribution in [0, 0.1) is 5.41 Å². The van der Waals surface area contributed by atoms with Crippen LogP contribution >= 0.6 is 0 Å². The lowest BCUT2D eigenvalue weighted by Crippen LogP contribution is -2.31. The van der Waals surface area contributed by atoms with Crippen LogP contribution in [0.15, 0.2) is 18.2 Å². The molecule has 4 N–H and O–H groups in total. The van der Waals surface area contributed by atoms with Gasteiger partial charge >= 0.3 is 0 Å². The Morgan fingerprint density at radius 3 is 2.89 bits per heavy atom. The van der Waals surface area contributed by atoms with Crippen molar-refractivity contribution in [3.8, 4) is 0 Å². The van der Waals surface area contributed by atoms with Gasteiger partial charge in [-0.2, -0.15) is 0 Å². The van der Waals surface area contributed by atoms with Gasteiger partial charge in [0, 0.05) is 6.54 Å². The van der Waals surface area contributed by atoms with Crippen LogP contribution in [0.5, 0.6) is 0 Å². The highest BCUT2D eigenvalue weighted by molar-refractivity contribution is 5.92. The van der Waals surface area contributed by atoms with Gasteiger partial charge in [0.2, 0.25) is 0 Å². The summed E-state index contributed by atoms with van der Waals surface area (Å²) in [6, 6.07) is 5.17. The number of aromatic nitrogens is 1. The SMILES string of the molecule is CCCC1(CNC(=O)c2cccc(NN)n2)CC1. The third-order valence-corrected chi connectivity index (χ3v) is 3.49. The number of hydrazine groups is 1. The first-order valence-corrected chi connectivity index (χ1v) is 6.41. The minimum absolute atomic E-state index is 0.130. The summed E-state index contributed by atoms with van der Waals surface area (Å²) in [5, 5.41) is 2.97. The number of nitrogens with one attached hydrogen (secondary N) is 2. The largest absolute Gasteiger partial charge is 0.350 e. The number of anilines is 1. The van der Waals surface area contributed by atoms with E-state index in [1.165, 1.54) is 25.7 Å². The summed E-state index contributed by atoms with van der Waals surface area (Å²) in [5.41, 5.74) is 3.19. The van der Waals surface area contributed by atoms with Gasteiger partial charge in [0.05, 0.1) is 0 Å². The molecule has 0 spiro atoms. The average Bonchev–Trinajstić information content (AvgIpc) is 3.17. The molecule has 1 aromatic heterocycles. The first-order valence-electron chi connectivity index (χ1n) is 6.41. The van der Waals surface area contributed by atoms with Gasteiger partial charge < -0.3 is 10.7 Å². The Balaban J connectivity index is 1.91. The second kappa shape index (κ2) is 5.35. The molecule has 1 aromatic rings. The highest BCUT2D eigenvalue weighted by Gasteiger charge is 2.41. The molecule has 5 nitrogen and oxygen atoms in total. The van der Waals surface area contributed by atoms with Crippen molar-refractivity contribution in [2.45, 2.75) is 32.6 Å². The molecule has 1 aliphatic carbocycles. The molecule has 0 atom stereocenters. The third kappa shape index (κ3) is 2.98. The Kier molecular flexibility index (Phi) is 3.81. The van der Waals surface area contributed by atoms with Crippen molar-refractivity contribution < 1.29 is 4.79 Å². The number of pyridine rings is 1. The average molecular weight is 248 g/mol. The molecular formula is C13H20N4O. The number of hydrogen-bond donors (Lipinski definition) is 3. The van der Waals surface area contributed by atoms with Crippen molar-refractivity contribution in [1.82, 2.24) is 10.3 Å². The zero-order valence-electron chi connectivity index (χ0n) is 10.7. The summed E-state index contributed by atoms with van der Waals surface area (Å²) in [6.07, 6.45) is 4.80. The maximum absolute atomic E-state index is 11.9. The molecule has 0 aromatic carbocycles. The topological polar surface area (TPSA) is 80.0 Å². The smallest absolute Gasteiger partial charge is 0.269 e. The van der Waals surface area contributed by atoms with Crippen LogP contribution in [0.2, 0.25) is 0 Å². The van der Waals surface area contributed by atoms with Crippen LogP contribution in [0.4, 0.5) is 5.82 Å². The summed E-state index contributed by atoms with van der Waals surface area (Å²) >= 11 is 0. The van der Waals surface area contributed by atoms with Crippen molar-refractivity contribution in [3.63, 3.8) is 0 Å². The van der Waals surface area contributed by atoms with Gasteiger partial charge in [-0.25, -0.2) is 10.8 Å². The normalized spacial score (nSPS) is 16.1. The van der Waals surface area contributed by atoms with Crippen molar-refractivity contribution in [1.29, 1.82) is 0 Å². The van der Waals surface area contributed by atoms with Crippen LogP contribution in [0.1, 0.15) is 43.1 Å². The molecule has 0 unspecified atom stereocenters. The Morgan fingerprint density at radius 1 is 1.50 bits per heavy atom. The monoisotopic (exact) mass is 248 g/mol. The standard InChI is InChI=1S/C13H20N4O/c1-2-6-13(7-8-13)9-15-12(18)10-4-3-5-11(16-10)17-14/h3-5H,2,6-9,14H2,1H3,(H,15,18)(H,16,17). The van der Waals surface area contributed by atoms with Crippen LogP contribution < -0.4 is 16.6 Å². The van der Waals surface area contributed by atoms with E-state index in [9.17, 15) is 4.79 Å². The van der Waals surface area contributed by atoms with E-state index in [2.05, 4.69) is 22.7 Å². The molecule has 0 radical (unpaired) electrons. The fourth-order valence-corrected chi connectivity index (χ4v) is 2.22. The van der Waals surface area contributed by atoms with E-state index >= 15 is 0 Å². The summed E-state index contributed by atoms with van der Waals surface area (Å²) in [4.78, 5) is 16.1. The Morgan fingerprint density at radius 2 is 2.28 bits per heavy atom. The molecule has 1 aliphatic rings. The molecule has 1 heterocycles. The lowest BCUT2D eigenvalue weighted by Gasteiger charge is -2.14. The zero-order valence-corrected chi connectivity index (χ0v) is 10.7. The molecule has 1 saturated carbocycles. The van der Waals surface area contributed by atoms with E-state index in [1.807, 2.05) is 0 Å². The predicted molar refractivity (Wildman–Crippen MR) is 71.0 cm³/mol. The first kappa shape index (κ1) is 12.8. The van der Waals surface area contributed by atoms with E-state index in [0.717, 1.165) is 6.54 Å². The quantitative estimate of drug-likeness (QED) is 0.528. The van der Waals surface area contributed by atoms with E-state index in [-0.39, 0.29) is 5.91 Å². The first-order chi connectivity index (χ1) is 8.69. The molecule has 0 bridgehead atoms. The summed E-state index contributed by atoms with van der Waals surface area (Å²) in [6.45, 7) is 2.93. The lowest BCUT2D eigenvalue weighted by atomic mass is 10.0. The third-order valence-electron chi connectivity index (χ3n) is 3.49. The second-order valence-corrected chi connectivity index (χ2v) is 4.99. The number of hydrogen-bond acceptors (Lipinski definition) is 4. The predicted octanol–water partition coefficient (Wildman–Crippen LogP) is 1.68. The zero-order chi connectivity index (χ0) is 13.0. The second-order valence-electron chi connectivity index (χ2n) is 4.99. The van der Waals surface area contributed by atoms with Crippen molar-refractivity contribution in [2.24, 2.45) is 11.3 Å². The van der Waals surface area contributed by atoms with Gasteiger partial charge in [0.1, 0.15) is 11.5 Å². The Bertz CT molecular complexity index is 429. The van der Waals surface area contributed by atoms with Gasteiger partial charge in [-0.3, -0.25) is 4.79 Å². The highest BCUT2D eigenvalue weighted by Crippen LogP contribution is 2.48. The van der Waals surface area contributed by atoms with E-state index in [0.29, 0.717) is 16.9 Å². The molecule has 0 aliphatic heterocycles. The number of nitrogens with two attached hydrogens (primary N) is 1. The van der Waals surface area contributed by atoms with E-state index in [1.54, 1.807) is 18.2 Å². The van der Waals surface area contributed by atoms with Crippen LogP contribution in [-0.2, 0) is 0 Å². The maximum atomic E-state index is 11.9. The van der Waals surface area contributed by atoms with Crippen molar-refractivity contribution in [3.05, 3.63) is 23.9 Å². The van der Waals surface area contributed by atoms with Crippen LogP contribution in [-0.4, -0.2) is 17.4 Å². The van der Waals surface area contributed by atoms with Crippen molar-refractivity contribution >= 4 is 11.7 Å². The molecule has 98 valence electrons. The number of carbonyl (C=O) groups is 1. The fourth-order valence-electron chi connectivity index (χ4n) is 2.22. The molecule has 1 amide bonds. The van der Waals surface area contributed by atoms with Gasteiger partial charge in [-0.15, -0.1) is 0 Å². The minimum atomic E-state index is -0.130.